The zero-order chi connectivity index (χ0) is 11.4. The number of aliphatic hydroxyl groups excluding tert-OH is 1. The molecule has 0 unspecified atom stereocenters. The topological polar surface area (TPSA) is 93.2 Å². The number of hydrogen-bond donors (Lipinski definition) is 3. The molecule has 1 heterocycles. The molecule has 0 aliphatic carbocycles. The third kappa shape index (κ3) is 2.69. The second kappa shape index (κ2) is 4.79. The number of nitrogens with one attached hydrogen (secondary N) is 1. The van der Waals surface area contributed by atoms with E-state index in [4.69, 9.17) is 10.8 Å². The maximum absolute atomic E-state index is 11.5. The average molecular weight is 212 g/mol. The van der Waals surface area contributed by atoms with Crippen LogP contribution < -0.4 is 11.1 Å². The number of nitrogen functional groups attached to an aromatic ring is 1. The first-order valence-electron chi connectivity index (χ1n) is 4.80. The zero-order valence-corrected chi connectivity index (χ0v) is 8.90. The molecule has 15 heavy (non-hydrogen) atoms. The van der Waals surface area contributed by atoms with Crippen LogP contribution in [0, 0.1) is 0 Å². The molecule has 6 nitrogen and oxygen atoms in total. The number of hydrogen-bond acceptors (Lipinski definition) is 4. The Morgan fingerprint density at radius 2 is 2.40 bits per heavy atom. The van der Waals surface area contributed by atoms with Gasteiger partial charge in [-0.15, -0.1) is 0 Å². The molecule has 0 aromatic carbocycles. The third-order valence-electron chi connectivity index (χ3n) is 1.90. The number of anilines is 1. The summed E-state index contributed by atoms with van der Waals surface area (Å²) in [6.45, 7) is 3.99. The number of rotatable bonds is 4. The molecule has 0 fully saturated rings. The van der Waals surface area contributed by atoms with Crippen molar-refractivity contribution in [3.05, 3.63) is 11.9 Å². The lowest BCUT2D eigenvalue weighted by Gasteiger charge is -2.03. The standard InChI is InChI=1S/C9H16N4O2/c1-6(2)13-5-7(10)8(12-13)9(15)11-3-4-14/h5-6,14H,3-4,10H2,1-2H3,(H,11,15). The molecule has 0 bridgehead atoms. The van der Waals surface area contributed by atoms with Gasteiger partial charge in [-0.1, -0.05) is 0 Å². The summed E-state index contributed by atoms with van der Waals surface area (Å²) < 4.78 is 1.63. The lowest BCUT2D eigenvalue weighted by molar-refractivity contribution is 0.0939. The van der Waals surface area contributed by atoms with Crippen LogP contribution in [0.4, 0.5) is 5.69 Å². The molecule has 1 aromatic heterocycles. The molecule has 1 rings (SSSR count). The van der Waals surface area contributed by atoms with Crippen LogP contribution in [0.1, 0.15) is 30.4 Å². The van der Waals surface area contributed by atoms with Crippen molar-refractivity contribution in [3.8, 4) is 0 Å². The van der Waals surface area contributed by atoms with E-state index in [9.17, 15) is 4.79 Å². The predicted octanol–water partition coefficient (Wildman–Crippen LogP) is -0.232. The molecule has 1 amide bonds. The third-order valence-corrected chi connectivity index (χ3v) is 1.90. The molecule has 0 aliphatic rings. The molecule has 0 saturated heterocycles. The number of nitrogens with two attached hydrogens (primary N) is 1. The van der Waals surface area contributed by atoms with Gasteiger partial charge in [0.15, 0.2) is 5.69 Å². The van der Waals surface area contributed by atoms with Gasteiger partial charge in [-0.2, -0.15) is 5.10 Å². The average Bonchev–Trinajstić information content (AvgIpc) is 2.57. The maximum Gasteiger partial charge on any atom is 0.274 e. The second-order valence-electron chi connectivity index (χ2n) is 3.49. The van der Waals surface area contributed by atoms with Gasteiger partial charge in [-0.05, 0) is 13.8 Å². The minimum absolute atomic E-state index is 0.101. The van der Waals surface area contributed by atoms with Crippen molar-refractivity contribution in [1.29, 1.82) is 0 Å². The Bertz CT molecular complexity index is 346. The molecule has 0 spiro atoms. The van der Waals surface area contributed by atoms with Gasteiger partial charge in [0.2, 0.25) is 0 Å². The van der Waals surface area contributed by atoms with E-state index in [-0.39, 0.29) is 30.8 Å². The molecular formula is C9H16N4O2. The Balaban J connectivity index is 2.80. The lowest BCUT2D eigenvalue weighted by atomic mass is 10.3. The summed E-state index contributed by atoms with van der Waals surface area (Å²) in [6, 6.07) is 0.159. The highest BCUT2D eigenvalue weighted by Crippen LogP contribution is 2.12. The Hall–Kier alpha value is -1.56. The largest absolute Gasteiger partial charge is 0.396 e. The molecule has 0 aliphatic heterocycles. The molecule has 4 N–H and O–H groups in total. The van der Waals surface area contributed by atoms with E-state index in [0.717, 1.165) is 0 Å². The van der Waals surface area contributed by atoms with Gasteiger partial charge < -0.3 is 16.2 Å². The first kappa shape index (κ1) is 11.5. The molecule has 0 radical (unpaired) electrons. The molecule has 6 heteroatoms. The number of aromatic nitrogens is 2. The van der Waals surface area contributed by atoms with E-state index < -0.39 is 0 Å². The Kier molecular flexibility index (Phi) is 3.68. The van der Waals surface area contributed by atoms with E-state index in [1.807, 2.05) is 13.8 Å². The predicted molar refractivity (Wildman–Crippen MR) is 56.4 cm³/mol. The first-order valence-corrected chi connectivity index (χ1v) is 4.80. The van der Waals surface area contributed by atoms with Crippen LogP contribution in [0.15, 0.2) is 6.20 Å². The van der Waals surface area contributed by atoms with Crippen molar-refractivity contribution in [2.24, 2.45) is 0 Å². The fraction of sp³-hybridized carbons (Fsp3) is 0.556. The van der Waals surface area contributed by atoms with Crippen LogP contribution in [0.2, 0.25) is 0 Å². The van der Waals surface area contributed by atoms with Gasteiger partial charge in [-0.3, -0.25) is 9.48 Å². The monoisotopic (exact) mass is 212 g/mol. The van der Waals surface area contributed by atoms with Crippen LogP contribution in [-0.2, 0) is 0 Å². The highest BCUT2D eigenvalue weighted by Gasteiger charge is 2.14. The number of carbonyl (C=O) groups excluding carboxylic acids is 1. The zero-order valence-electron chi connectivity index (χ0n) is 8.90. The maximum atomic E-state index is 11.5. The van der Waals surface area contributed by atoms with Crippen LogP contribution in [0.25, 0.3) is 0 Å². The molecule has 0 saturated carbocycles. The van der Waals surface area contributed by atoms with Gasteiger partial charge in [0, 0.05) is 18.8 Å². The summed E-state index contributed by atoms with van der Waals surface area (Å²) >= 11 is 0. The van der Waals surface area contributed by atoms with Crippen molar-refractivity contribution in [2.75, 3.05) is 18.9 Å². The number of carbonyl (C=O) groups is 1. The number of nitrogens with zero attached hydrogens (tertiary/aromatic N) is 2. The lowest BCUT2D eigenvalue weighted by Crippen LogP contribution is -2.27. The van der Waals surface area contributed by atoms with E-state index in [1.54, 1.807) is 10.9 Å². The van der Waals surface area contributed by atoms with Gasteiger partial charge in [0.25, 0.3) is 5.91 Å². The van der Waals surface area contributed by atoms with E-state index >= 15 is 0 Å². The van der Waals surface area contributed by atoms with E-state index in [1.165, 1.54) is 0 Å². The van der Waals surface area contributed by atoms with Crippen LogP contribution in [-0.4, -0.2) is 33.9 Å². The van der Waals surface area contributed by atoms with Crippen molar-refractivity contribution < 1.29 is 9.90 Å². The number of aliphatic hydroxyl groups is 1. The molecule has 1 aromatic rings. The fourth-order valence-corrected chi connectivity index (χ4v) is 1.10. The van der Waals surface area contributed by atoms with Crippen molar-refractivity contribution in [1.82, 2.24) is 15.1 Å². The summed E-state index contributed by atoms with van der Waals surface area (Å²) in [5, 5.41) is 15.1. The van der Waals surface area contributed by atoms with Gasteiger partial charge in [0.1, 0.15) is 0 Å². The molecular weight excluding hydrogens is 196 g/mol. The Morgan fingerprint density at radius 1 is 1.73 bits per heavy atom. The number of amides is 1. The van der Waals surface area contributed by atoms with Crippen LogP contribution in [0.5, 0.6) is 0 Å². The first-order chi connectivity index (χ1) is 7.06. The quantitative estimate of drug-likeness (QED) is 0.642. The van der Waals surface area contributed by atoms with Gasteiger partial charge >= 0.3 is 0 Å². The highest BCUT2D eigenvalue weighted by molar-refractivity contribution is 5.96. The summed E-state index contributed by atoms with van der Waals surface area (Å²) in [6.07, 6.45) is 1.62. The molecule has 84 valence electrons. The van der Waals surface area contributed by atoms with Crippen molar-refractivity contribution in [3.63, 3.8) is 0 Å². The molecule has 0 atom stereocenters. The van der Waals surface area contributed by atoms with Crippen molar-refractivity contribution in [2.45, 2.75) is 19.9 Å². The summed E-state index contributed by atoms with van der Waals surface area (Å²) in [7, 11) is 0. The summed E-state index contributed by atoms with van der Waals surface area (Å²) in [5.74, 6) is -0.360. The normalized spacial score (nSPS) is 10.7. The smallest absolute Gasteiger partial charge is 0.274 e. The van der Waals surface area contributed by atoms with Crippen LogP contribution >= 0.6 is 0 Å². The van der Waals surface area contributed by atoms with E-state index in [0.29, 0.717) is 5.69 Å². The van der Waals surface area contributed by atoms with Gasteiger partial charge in [0.05, 0.1) is 12.3 Å². The SMILES string of the molecule is CC(C)n1cc(N)c(C(=O)NCCO)n1. The highest BCUT2D eigenvalue weighted by atomic mass is 16.3. The summed E-state index contributed by atoms with van der Waals surface area (Å²) in [5.41, 5.74) is 6.20. The van der Waals surface area contributed by atoms with Crippen LogP contribution in [0.3, 0.4) is 0 Å². The Morgan fingerprint density at radius 3 is 2.87 bits per heavy atom. The van der Waals surface area contributed by atoms with E-state index in [2.05, 4.69) is 10.4 Å². The van der Waals surface area contributed by atoms with Gasteiger partial charge in [-0.25, -0.2) is 0 Å². The minimum Gasteiger partial charge on any atom is -0.396 e. The minimum atomic E-state index is -0.360. The Labute approximate surface area is 88.1 Å². The van der Waals surface area contributed by atoms with Crippen molar-refractivity contribution >= 4 is 11.6 Å². The summed E-state index contributed by atoms with van der Waals surface area (Å²) in [4.78, 5) is 11.5. The fourth-order valence-electron chi connectivity index (χ4n) is 1.10. The second-order valence-corrected chi connectivity index (χ2v) is 3.49.